The van der Waals surface area contributed by atoms with Crippen molar-refractivity contribution in [2.45, 2.75) is 25.8 Å². The number of aromatic nitrogens is 3. The van der Waals surface area contributed by atoms with Crippen LogP contribution in [0.5, 0.6) is 0 Å². The van der Waals surface area contributed by atoms with Gasteiger partial charge < -0.3 is 10.2 Å². The Morgan fingerprint density at radius 3 is 2.77 bits per heavy atom. The summed E-state index contributed by atoms with van der Waals surface area (Å²) in [4.78, 5) is 19.0. The minimum absolute atomic E-state index is 0.0893. The van der Waals surface area contributed by atoms with Gasteiger partial charge in [-0.25, -0.2) is 9.37 Å². The first kappa shape index (κ1) is 17.0. The Hall–Kier alpha value is -2.48. The fourth-order valence-electron chi connectivity index (χ4n) is 3.34. The highest BCUT2D eigenvalue weighted by Crippen LogP contribution is 2.31. The average molecular weight is 373 g/mol. The molecule has 0 saturated carbocycles. The van der Waals surface area contributed by atoms with Gasteiger partial charge in [0, 0.05) is 26.2 Å². The molecule has 0 aliphatic carbocycles. The van der Waals surface area contributed by atoms with Gasteiger partial charge in [-0.15, -0.1) is 0 Å². The number of para-hydroxylation sites is 1. The third kappa shape index (κ3) is 3.16. The number of anilines is 1. The molecule has 2 aromatic heterocycles. The molecule has 0 unspecified atom stereocenters. The summed E-state index contributed by atoms with van der Waals surface area (Å²) in [5.41, 5.74) is 1.84. The van der Waals surface area contributed by atoms with Crippen LogP contribution >= 0.6 is 11.3 Å². The van der Waals surface area contributed by atoms with Crippen molar-refractivity contribution in [3.63, 3.8) is 0 Å². The first-order chi connectivity index (χ1) is 12.5. The number of hydrogen-bond donors (Lipinski definition) is 1. The zero-order valence-corrected chi connectivity index (χ0v) is 15.5. The zero-order chi connectivity index (χ0) is 18.3. The zero-order valence-electron chi connectivity index (χ0n) is 14.7. The van der Waals surface area contributed by atoms with E-state index in [1.165, 1.54) is 17.4 Å². The van der Waals surface area contributed by atoms with E-state index in [2.05, 4.69) is 20.3 Å². The van der Waals surface area contributed by atoms with Crippen LogP contribution in [0.4, 0.5) is 9.52 Å². The summed E-state index contributed by atoms with van der Waals surface area (Å²) in [7, 11) is 1.77. The van der Waals surface area contributed by atoms with E-state index in [1.54, 1.807) is 23.9 Å². The van der Waals surface area contributed by atoms with Crippen LogP contribution in [-0.4, -0.2) is 39.8 Å². The molecule has 3 aromatic rings. The van der Waals surface area contributed by atoms with Gasteiger partial charge in [-0.05, 0) is 38.0 Å². The Bertz CT molecular complexity index is 958. The monoisotopic (exact) mass is 373 g/mol. The number of hydrogen-bond acceptors (Lipinski definition) is 5. The van der Waals surface area contributed by atoms with Crippen LogP contribution in [0.1, 0.15) is 29.0 Å². The van der Waals surface area contributed by atoms with Crippen LogP contribution in [0, 0.1) is 12.7 Å². The molecule has 0 bridgehead atoms. The molecular weight excluding hydrogens is 353 g/mol. The van der Waals surface area contributed by atoms with Crippen molar-refractivity contribution < 1.29 is 9.18 Å². The fourth-order valence-corrected chi connectivity index (χ4v) is 4.37. The molecule has 0 spiro atoms. The van der Waals surface area contributed by atoms with Crippen LogP contribution in [0.3, 0.4) is 0 Å². The lowest BCUT2D eigenvalue weighted by molar-refractivity contribution is 0.0921. The first-order valence-corrected chi connectivity index (χ1v) is 9.44. The fraction of sp³-hybridized carbons (Fsp3) is 0.389. The summed E-state index contributed by atoms with van der Waals surface area (Å²) < 4.78 is 16.3. The van der Waals surface area contributed by atoms with Gasteiger partial charge in [0.05, 0.1) is 10.4 Å². The third-order valence-corrected chi connectivity index (χ3v) is 5.78. The lowest BCUT2D eigenvalue weighted by Crippen LogP contribution is -2.45. The number of amides is 1. The highest BCUT2D eigenvalue weighted by molar-refractivity contribution is 7.22. The Kier molecular flexibility index (Phi) is 4.36. The summed E-state index contributed by atoms with van der Waals surface area (Å²) in [6.07, 6.45) is 1.67. The second-order valence-corrected chi connectivity index (χ2v) is 7.62. The molecule has 1 aliphatic heterocycles. The molecule has 8 heteroatoms. The van der Waals surface area contributed by atoms with Gasteiger partial charge >= 0.3 is 0 Å². The smallest absolute Gasteiger partial charge is 0.269 e. The number of benzene rings is 1. The van der Waals surface area contributed by atoms with Gasteiger partial charge in [-0.3, -0.25) is 9.48 Å². The quantitative estimate of drug-likeness (QED) is 0.767. The number of carbonyl (C=O) groups excluding carboxylic acids is 1. The van der Waals surface area contributed by atoms with Gasteiger partial charge in [0.25, 0.3) is 5.91 Å². The number of thiazole rings is 1. The number of nitrogens with one attached hydrogen (secondary N) is 1. The second kappa shape index (κ2) is 6.68. The first-order valence-electron chi connectivity index (χ1n) is 8.63. The normalized spacial score (nSPS) is 15.6. The average Bonchev–Trinajstić information content (AvgIpc) is 3.19. The molecule has 1 aliphatic rings. The van der Waals surface area contributed by atoms with E-state index in [4.69, 9.17) is 0 Å². The number of piperidine rings is 1. The van der Waals surface area contributed by atoms with Crippen LogP contribution < -0.4 is 10.2 Å². The van der Waals surface area contributed by atoms with Gasteiger partial charge in [-0.1, -0.05) is 17.4 Å². The number of carbonyl (C=O) groups is 1. The van der Waals surface area contributed by atoms with Crippen molar-refractivity contribution in [1.82, 2.24) is 20.1 Å². The van der Waals surface area contributed by atoms with Crippen molar-refractivity contribution in [2.75, 3.05) is 18.0 Å². The van der Waals surface area contributed by atoms with Gasteiger partial charge in [0.2, 0.25) is 0 Å². The van der Waals surface area contributed by atoms with E-state index in [0.717, 1.165) is 41.5 Å². The molecule has 26 heavy (non-hydrogen) atoms. The minimum atomic E-state index is -0.279. The Balaban J connectivity index is 1.40. The standard InChI is InChI=1S/C18H20FN5OS/c1-11-10-14(23(2)22-11)17(25)20-12-6-8-24(9-7-12)18-21-16-13(19)4-3-5-15(16)26-18/h3-5,10,12H,6-9H2,1-2H3,(H,20,25). The van der Waals surface area contributed by atoms with Gasteiger partial charge in [-0.2, -0.15) is 5.10 Å². The molecule has 0 radical (unpaired) electrons. The third-order valence-electron chi connectivity index (χ3n) is 4.69. The Morgan fingerprint density at radius 1 is 1.35 bits per heavy atom. The molecule has 136 valence electrons. The number of halogens is 1. The van der Waals surface area contributed by atoms with E-state index < -0.39 is 0 Å². The van der Waals surface area contributed by atoms with Crippen LogP contribution in [0.25, 0.3) is 10.2 Å². The molecule has 3 heterocycles. The van der Waals surface area contributed by atoms with Crippen molar-refractivity contribution in [3.05, 3.63) is 41.5 Å². The summed E-state index contributed by atoms with van der Waals surface area (Å²) in [6.45, 7) is 3.45. The predicted octanol–water partition coefficient (Wildman–Crippen LogP) is 2.88. The highest BCUT2D eigenvalue weighted by atomic mass is 32.1. The van der Waals surface area contributed by atoms with Crippen molar-refractivity contribution in [2.24, 2.45) is 7.05 Å². The van der Waals surface area contributed by atoms with E-state index >= 15 is 0 Å². The lowest BCUT2D eigenvalue weighted by atomic mass is 10.1. The molecular formula is C18H20FN5OS. The highest BCUT2D eigenvalue weighted by Gasteiger charge is 2.24. The van der Waals surface area contributed by atoms with E-state index in [0.29, 0.717) is 11.2 Å². The molecule has 1 fully saturated rings. The van der Waals surface area contributed by atoms with E-state index in [-0.39, 0.29) is 17.8 Å². The van der Waals surface area contributed by atoms with Gasteiger partial charge in [0.15, 0.2) is 5.13 Å². The topological polar surface area (TPSA) is 63.1 Å². The molecule has 1 aromatic carbocycles. The maximum atomic E-state index is 13.8. The molecule has 1 N–H and O–H groups in total. The van der Waals surface area contributed by atoms with Crippen LogP contribution in [0.2, 0.25) is 0 Å². The maximum absolute atomic E-state index is 13.8. The molecule has 6 nitrogen and oxygen atoms in total. The summed E-state index contributed by atoms with van der Waals surface area (Å²) in [6, 6.07) is 6.96. The molecule has 4 rings (SSSR count). The summed E-state index contributed by atoms with van der Waals surface area (Å²) in [5.74, 6) is -0.368. The van der Waals surface area contributed by atoms with Gasteiger partial charge in [0.1, 0.15) is 17.0 Å². The van der Waals surface area contributed by atoms with Crippen molar-refractivity contribution in [1.29, 1.82) is 0 Å². The summed E-state index contributed by atoms with van der Waals surface area (Å²) >= 11 is 1.51. The Labute approximate surface area is 154 Å². The van der Waals surface area contributed by atoms with E-state index in [9.17, 15) is 9.18 Å². The molecule has 1 saturated heterocycles. The predicted molar refractivity (Wildman–Crippen MR) is 100 cm³/mol. The molecule has 1 amide bonds. The maximum Gasteiger partial charge on any atom is 0.269 e. The number of nitrogens with zero attached hydrogens (tertiary/aromatic N) is 4. The van der Waals surface area contributed by atoms with Crippen LogP contribution in [-0.2, 0) is 7.05 Å². The summed E-state index contributed by atoms with van der Waals surface area (Å²) in [5, 5.41) is 8.15. The largest absolute Gasteiger partial charge is 0.348 e. The number of fused-ring (bicyclic) bond motifs is 1. The molecule has 0 atom stereocenters. The van der Waals surface area contributed by atoms with Crippen molar-refractivity contribution in [3.8, 4) is 0 Å². The van der Waals surface area contributed by atoms with Crippen LogP contribution in [0.15, 0.2) is 24.3 Å². The number of aryl methyl sites for hydroxylation is 2. The Morgan fingerprint density at radius 2 is 2.12 bits per heavy atom. The number of rotatable bonds is 3. The lowest BCUT2D eigenvalue weighted by Gasteiger charge is -2.32. The van der Waals surface area contributed by atoms with Crippen molar-refractivity contribution >= 4 is 32.6 Å². The van der Waals surface area contributed by atoms with E-state index in [1.807, 2.05) is 13.0 Å². The minimum Gasteiger partial charge on any atom is -0.348 e. The second-order valence-electron chi connectivity index (χ2n) is 6.61. The SMILES string of the molecule is Cc1cc(C(=O)NC2CCN(c3nc4c(F)cccc4s3)CC2)n(C)n1.